The van der Waals surface area contributed by atoms with Crippen LogP contribution >= 0.6 is 11.3 Å². The van der Waals surface area contributed by atoms with Gasteiger partial charge in [0.2, 0.25) is 0 Å². The van der Waals surface area contributed by atoms with Crippen molar-refractivity contribution < 1.29 is 4.79 Å². The van der Waals surface area contributed by atoms with Crippen LogP contribution in [-0.4, -0.2) is 61.8 Å². The zero-order valence-corrected chi connectivity index (χ0v) is 18.9. The highest BCUT2D eigenvalue weighted by molar-refractivity contribution is 7.09. The number of aryl methyl sites for hydroxylation is 2. The van der Waals surface area contributed by atoms with Gasteiger partial charge in [-0.05, 0) is 39.1 Å². The molecule has 1 fully saturated rings. The summed E-state index contributed by atoms with van der Waals surface area (Å²) in [5, 5.41) is 14.5. The van der Waals surface area contributed by atoms with Gasteiger partial charge in [0, 0.05) is 47.4 Å². The van der Waals surface area contributed by atoms with Gasteiger partial charge in [-0.25, -0.2) is 19.4 Å². The number of carbonyl (C=O) groups is 1. The minimum absolute atomic E-state index is 0.00744. The summed E-state index contributed by atoms with van der Waals surface area (Å²) in [6, 6.07) is 5.41. The van der Waals surface area contributed by atoms with Crippen molar-refractivity contribution in [3.05, 3.63) is 58.6 Å². The van der Waals surface area contributed by atoms with E-state index in [-0.39, 0.29) is 18.0 Å². The summed E-state index contributed by atoms with van der Waals surface area (Å²) in [7, 11) is 2.06. The SMILES string of the molecule is Cc1cc(-n2ncc3cc(NC(=O)N[C@@H]4CN(C)C[C@H]4c4nc(C)cs4)ncc32)ccn1. The molecule has 2 amide bonds. The smallest absolute Gasteiger partial charge is 0.320 e. The number of fused-ring (bicyclic) bond motifs is 1. The van der Waals surface area contributed by atoms with Crippen LogP contribution in [0, 0.1) is 13.8 Å². The third-order valence-corrected chi connectivity index (χ3v) is 6.69. The zero-order valence-electron chi connectivity index (χ0n) is 18.1. The van der Waals surface area contributed by atoms with E-state index in [2.05, 4.69) is 48.0 Å². The van der Waals surface area contributed by atoms with Crippen LogP contribution in [0.15, 0.2) is 42.2 Å². The van der Waals surface area contributed by atoms with Gasteiger partial charge in [0.05, 0.1) is 34.6 Å². The number of nitrogens with zero attached hydrogens (tertiary/aromatic N) is 6. The van der Waals surface area contributed by atoms with E-state index in [1.165, 1.54) is 0 Å². The number of hydrogen-bond acceptors (Lipinski definition) is 7. The zero-order chi connectivity index (χ0) is 22.2. The Balaban J connectivity index is 1.30. The fraction of sp³-hybridized carbons (Fsp3) is 0.318. The van der Waals surface area contributed by atoms with Crippen LogP contribution in [0.5, 0.6) is 0 Å². The highest BCUT2D eigenvalue weighted by Crippen LogP contribution is 2.29. The van der Waals surface area contributed by atoms with E-state index in [1.54, 1.807) is 29.9 Å². The second kappa shape index (κ2) is 8.29. The Morgan fingerprint density at radius 1 is 1.16 bits per heavy atom. The molecule has 2 atom stereocenters. The number of thiazole rings is 1. The number of rotatable bonds is 4. The summed E-state index contributed by atoms with van der Waals surface area (Å²) in [4.78, 5) is 28.2. The van der Waals surface area contributed by atoms with Crippen molar-refractivity contribution in [3.63, 3.8) is 0 Å². The molecule has 1 aliphatic rings. The van der Waals surface area contributed by atoms with E-state index in [1.807, 2.05) is 36.7 Å². The van der Waals surface area contributed by atoms with Crippen LogP contribution in [0.25, 0.3) is 16.6 Å². The Hall–Kier alpha value is -3.37. The van der Waals surface area contributed by atoms with E-state index in [9.17, 15) is 4.79 Å². The van der Waals surface area contributed by atoms with Crippen molar-refractivity contribution in [2.24, 2.45) is 0 Å². The summed E-state index contributed by atoms with van der Waals surface area (Å²) in [6.45, 7) is 5.58. The predicted molar refractivity (Wildman–Crippen MR) is 124 cm³/mol. The van der Waals surface area contributed by atoms with E-state index >= 15 is 0 Å². The molecule has 10 heteroatoms. The molecule has 4 aromatic rings. The minimum atomic E-state index is -0.271. The summed E-state index contributed by atoms with van der Waals surface area (Å²) in [5.74, 6) is 0.662. The number of likely N-dealkylation sites (N-methyl/N-ethyl adjacent to an activating group) is 1. The van der Waals surface area contributed by atoms with Crippen molar-refractivity contribution in [1.29, 1.82) is 0 Å². The normalized spacial score (nSPS) is 18.8. The molecule has 0 unspecified atom stereocenters. The molecule has 164 valence electrons. The lowest BCUT2D eigenvalue weighted by molar-refractivity contribution is 0.247. The van der Waals surface area contributed by atoms with Crippen LogP contribution < -0.4 is 10.6 Å². The fourth-order valence-electron chi connectivity index (χ4n) is 4.12. The standard InChI is InChI=1S/C22H24N8OS/c1-13-6-16(4-5-23-13)30-19-9-24-20(7-15(19)8-25-30)28-22(31)27-18-11-29(3)10-17(18)21-26-14(2)12-32-21/h4-9,12,17-18H,10-11H2,1-3H3,(H2,24,27,28,31)/t17-,18-/m1/s1. The van der Waals surface area contributed by atoms with Crippen molar-refractivity contribution in [2.45, 2.75) is 25.8 Å². The van der Waals surface area contributed by atoms with Gasteiger partial charge >= 0.3 is 6.03 Å². The number of aromatic nitrogens is 5. The average molecular weight is 449 g/mol. The maximum atomic E-state index is 12.7. The number of anilines is 1. The Labute approximate surface area is 189 Å². The summed E-state index contributed by atoms with van der Waals surface area (Å²) in [6.07, 6.45) is 5.24. The quantitative estimate of drug-likeness (QED) is 0.498. The first-order chi connectivity index (χ1) is 15.5. The lowest BCUT2D eigenvalue weighted by atomic mass is 10.1. The van der Waals surface area contributed by atoms with Crippen molar-refractivity contribution in [2.75, 3.05) is 25.5 Å². The lowest BCUT2D eigenvalue weighted by Gasteiger charge is -2.18. The van der Waals surface area contributed by atoms with Crippen LogP contribution in [0.4, 0.5) is 10.6 Å². The van der Waals surface area contributed by atoms with Crippen LogP contribution in [0.2, 0.25) is 0 Å². The maximum Gasteiger partial charge on any atom is 0.320 e. The summed E-state index contributed by atoms with van der Waals surface area (Å²) >= 11 is 1.65. The first-order valence-electron chi connectivity index (χ1n) is 10.4. The molecule has 0 aromatic carbocycles. The molecular weight excluding hydrogens is 424 g/mol. The molecule has 9 nitrogen and oxygen atoms in total. The first-order valence-corrected chi connectivity index (χ1v) is 11.3. The third-order valence-electron chi connectivity index (χ3n) is 5.59. The molecule has 0 radical (unpaired) electrons. The van der Waals surface area contributed by atoms with E-state index in [0.29, 0.717) is 5.82 Å². The van der Waals surface area contributed by atoms with E-state index in [0.717, 1.165) is 46.1 Å². The molecule has 1 aliphatic heterocycles. The second-order valence-electron chi connectivity index (χ2n) is 8.20. The molecule has 0 bridgehead atoms. The molecule has 0 saturated carbocycles. The highest BCUT2D eigenvalue weighted by Gasteiger charge is 2.35. The number of nitrogens with one attached hydrogen (secondary N) is 2. The summed E-state index contributed by atoms with van der Waals surface area (Å²) in [5.41, 5.74) is 3.71. The molecular formula is C22H24N8OS. The van der Waals surface area contributed by atoms with E-state index < -0.39 is 0 Å². The van der Waals surface area contributed by atoms with Gasteiger partial charge in [-0.2, -0.15) is 5.10 Å². The van der Waals surface area contributed by atoms with Crippen molar-refractivity contribution in [1.82, 2.24) is 34.9 Å². The fourth-order valence-corrected chi connectivity index (χ4v) is 5.08. The van der Waals surface area contributed by atoms with E-state index in [4.69, 9.17) is 0 Å². The highest BCUT2D eigenvalue weighted by atomic mass is 32.1. The topological polar surface area (TPSA) is 101 Å². The average Bonchev–Trinajstić information content (AvgIpc) is 3.46. The second-order valence-corrected chi connectivity index (χ2v) is 9.09. The number of hydrogen-bond donors (Lipinski definition) is 2. The number of urea groups is 1. The van der Waals surface area contributed by atoms with Crippen LogP contribution in [-0.2, 0) is 0 Å². The van der Waals surface area contributed by atoms with Crippen LogP contribution in [0.1, 0.15) is 22.3 Å². The molecule has 1 saturated heterocycles. The molecule has 2 N–H and O–H groups in total. The number of amides is 2. The van der Waals surface area contributed by atoms with Crippen LogP contribution in [0.3, 0.4) is 0 Å². The molecule has 4 aromatic heterocycles. The summed E-state index contributed by atoms with van der Waals surface area (Å²) < 4.78 is 1.82. The maximum absolute atomic E-state index is 12.7. The Kier molecular flexibility index (Phi) is 5.32. The van der Waals surface area contributed by atoms with Gasteiger partial charge in [0.15, 0.2) is 0 Å². The van der Waals surface area contributed by atoms with Gasteiger partial charge in [0.25, 0.3) is 0 Å². The number of carbonyl (C=O) groups excluding carboxylic acids is 1. The molecule has 5 rings (SSSR count). The lowest BCUT2D eigenvalue weighted by Crippen LogP contribution is -2.42. The molecule has 5 heterocycles. The molecule has 0 spiro atoms. The van der Waals surface area contributed by atoms with Crippen molar-refractivity contribution in [3.8, 4) is 5.69 Å². The number of likely N-dealkylation sites (tertiary alicyclic amines) is 1. The third kappa shape index (κ3) is 4.06. The van der Waals surface area contributed by atoms with Gasteiger partial charge in [-0.15, -0.1) is 11.3 Å². The Bertz CT molecular complexity index is 1280. The number of pyridine rings is 2. The predicted octanol–water partition coefficient (Wildman–Crippen LogP) is 3.11. The van der Waals surface area contributed by atoms with Gasteiger partial charge < -0.3 is 10.2 Å². The monoisotopic (exact) mass is 448 g/mol. The Morgan fingerprint density at radius 3 is 2.81 bits per heavy atom. The van der Waals surface area contributed by atoms with Gasteiger partial charge in [0.1, 0.15) is 5.82 Å². The largest absolute Gasteiger partial charge is 0.333 e. The molecule has 0 aliphatic carbocycles. The van der Waals surface area contributed by atoms with Crippen molar-refractivity contribution >= 4 is 34.1 Å². The molecule has 32 heavy (non-hydrogen) atoms. The van der Waals surface area contributed by atoms with Gasteiger partial charge in [-0.3, -0.25) is 10.3 Å². The first kappa shape index (κ1) is 20.5. The Morgan fingerprint density at radius 2 is 2.03 bits per heavy atom. The van der Waals surface area contributed by atoms with Gasteiger partial charge in [-0.1, -0.05) is 0 Å². The minimum Gasteiger partial charge on any atom is -0.333 e.